The molecule has 0 aromatic rings. The molecule has 0 saturated heterocycles. The SMILES string of the molecule is CCC/C=C\CCCCCCCC(=O)OC(CCC/C=C\C/C=C\CCCCC)CCCCCCCC(=O)NC(CCCN)C(=O)O. The zero-order chi connectivity index (χ0) is 34.6. The molecular formula is C40H72N2O5. The number of nitrogens with one attached hydrogen (secondary N) is 1. The zero-order valence-corrected chi connectivity index (χ0v) is 30.4. The van der Waals surface area contributed by atoms with Crippen molar-refractivity contribution < 1.29 is 24.2 Å². The Bertz CT molecular complexity index is 838. The molecule has 272 valence electrons. The average Bonchev–Trinajstić information content (AvgIpc) is 3.05. The topological polar surface area (TPSA) is 119 Å². The van der Waals surface area contributed by atoms with E-state index in [2.05, 4.69) is 55.6 Å². The molecule has 0 rings (SSSR count). The molecule has 0 aliphatic rings. The van der Waals surface area contributed by atoms with Crippen molar-refractivity contribution in [1.82, 2.24) is 5.32 Å². The number of carboxylic acid groups (broad SMARTS) is 1. The van der Waals surface area contributed by atoms with Gasteiger partial charge < -0.3 is 20.9 Å². The molecule has 0 aliphatic heterocycles. The molecule has 2 unspecified atom stereocenters. The Labute approximate surface area is 288 Å². The normalized spacial score (nSPS) is 13.1. The number of carboxylic acids is 1. The van der Waals surface area contributed by atoms with Crippen LogP contribution in [-0.4, -0.2) is 41.6 Å². The van der Waals surface area contributed by atoms with Gasteiger partial charge in [0.2, 0.25) is 5.91 Å². The Hall–Kier alpha value is -2.41. The van der Waals surface area contributed by atoms with Crippen LogP contribution in [0.5, 0.6) is 0 Å². The van der Waals surface area contributed by atoms with Gasteiger partial charge in [-0.3, -0.25) is 9.59 Å². The fourth-order valence-electron chi connectivity index (χ4n) is 5.49. The highest BCUT2D eigenvalue weighted by Gasteiger charge is 2.19. The number of nitrogens with two attached hydrogens (primary N) is 1. The quantitative estimate of drug-likeness (QED) is 0.0359. The van der Waals surface area contributed by atoms with Crippen LogP contribution in [0.15, 0.2) is 36.5 Å². The first-order valence-electron chi connectivity index (χ1n) is 19.3. The number of carbonyl (C=O) groups is 3. The minimum absolute atomic E-state index is 0.0310. The maximum absolute atomic E-state index is 12.7. The van der Waals surface area contributed by atoms with Crippen molar-refractivity contribution in [3.63, 3.8) is 0 Å². The van der Waals surface area contributed by atoms with Crippen LogP contribution in [0.3, 0.4) is 0 Å². The van der Waals surface area contributed by atoms with Crippen LogP contribution in [0.2, 0.25) is 0 Å². The van der Waals surface area contributed by atoms with Gasteiger partial charge in [-0.25, -0.2) is 4.79 Å². The van der Waals surface area contributed by atoms with Gasteiger partial charge >= 0.3 is 11.9 Å². The van der Waals surface area contributed by atoms with Crippen LogP contribution in [0.1, 0.15) is 181 Å². The average molecular weight is 661 g/mol. The van der Waals surface area contributed by atoms with Crippen molar-refractivity contribution in [2.75, 3.05) is 6.54 Å². The highest BCUT2D eigenvalue weighted by molar-refractivity contribution is 5.83. The van der Waals surface area contributed by atoms with Crippen LogP contribution in [0.25, 0.3) is 0 Å². The summed E-state index contributed by atoms with van der Waals surface area (Å²) in [5.74, 6) is -1.28. The predicted molar refractivity (Wildman–Crippen MR) is 197 cm³/mol. The molecule has 4 N–H and O–H groups in total. The molecule has 7 nitrogen and oxygen atoms in total. The van der Waals surface area contributed by atoms with Gasteiger partial charge in [0.1, 0.15) is 12.1 Å². The van der Waals surface area contributed by atoms with E-state index in [4.69, 9.17) is 10.5 Å². The number of amides is 1. The van der Waals surface area contributed by atoms with E-state index in [1.54, 1.807) is 0 Å². The highest BCUT2D eigenvalue weighted by atomic mass is 16.5. The van der Waals surface area contributed by atoms with Gasteiger partial charge in [0.15, 0.2) is 0 Å². The van der Waals surface area contributed by atoms with Gasteiger partial charge in [-0.1, -0.05) is 108 Å². The van der Waals surface area contributed by atoms with E-state index < -0.39 is 12.0 Å². The van der Waals surface area contributed by atoms with Crippen molar-refractivity contribution in [1.29, 1.82) is 0 Å². The number of allylic oxidation sites excluding steroid dienone is 6. The molecule has 0 spiro atoms. The Morgan fingerprint density at radius 3 is 1.83 bits per heavy atom. The number of ether oxygens (including phenoxy) is 1. The summed E-state index contributed by atoms with van der Waals surface area (Å²) in [7, 11) is 0. The fraction of sp³-hybridized carbons (Fsp3) is 0.775. The van der Waals surface area contributed by atoms with Crippen LogP contribution in [0, 0.1) is 0 Å². The van der Waals surface area contributed by atoms with E-state index in [-0.39, 0.29) is 18.0 Å². The second kappa shape index (κ2) is 34.9. The van der Waals surface area contributed by atoms with E-state index in [0.29, 0.717) is 32.2 Å². The molecule has 2 atom stereocenters. The number of aliphatic carboxylic acids is 1. The molecule has 0 heterocycles. The lowest BCUT2D eigenvalue weighted by molar-refractivity contribution is -0.150. The summed E-state index contributed by atoms with van der Waals surface area (Å²) in [6, 6.07) is -0.860. The monoisotopic (exact) mass is 661 g/mol. The highest BCUT2D eigenvalue weighted by Crippen LogP contribution is 2.17. The van der Waals surface area contributed by atoms with E-state index >= 15 is 0 Å². The van der Waals surface area contributed by atoms with Crippen molar-refractivity contribution in [2.24, 2.45) is 5.73 Å². The van der Waals surface area contributed by atoms with Crippen molar-refractivity contribution in [3.8, 4) is 0 Å². The van der Waals surface area contributed by atoms with Gasteiger partial charge in [-0.15, -0.1) is 0 Å². The number of carbonyl (C=O) groups excluding carboxylic acids is 2. The summed E-state index contributed by atoms with van der Waals surface area (Å²) in [4.78, 5) is 36.2. The first-order chi connectivity index (χ1) is 22.9. The zero-order valence-electron chi connectivity index (χ0n) is 30.4. The maximum atomic E-state index is 12.7. The molecule has 0 aliphatic carbocycles. The van der Waals surface area contributed by atoms with Gasteiger partial charge in [0.25, 0.3) is 0 Å². The van der Waals surface area contributed by atoms with Crippen LogP contribution >= 0.6 is 0 Å². The van der Waals surface area contributed by atoms with Crippen molar-refractivity contribution in [2.45, 2.75) is 193 Å². The second-order valence-corrected chi connectivity index (χ2v) is 13.0. The Balaban J connectivity index is 4.41. The molecule has 0 radical (unpaired) electrons. The molecule has 0 aromatic heterocycles. The van der Waals surface area contributed by atoms with Gasteiger partial charge in [0.05, 0.1) is 0 Å². The molecule has 0 aromatic carbocycles. The Morgan fingerprint density at radius 2 is 1.17 bits per heavy atom. The number of esters is 1. The van der Waals surface area contributed by atoms with E-state index in [0.717, 1.165) is 83.5 Å². The standard InChI is InChI=1S/C40H72N2O5/c1-3-5-7-9-11-13-15-16-18-21-25-30-36(47-39(44)34-28-24-19-17-14-12-10-8-6-4-2)31-26-22-20-23-27-33-38(43)42-37(40(45)46)32-29-35-41/h8,10-11,13,16,18,36-37H,3-7,9,12,14-15,17,19-35,41H2,1-2H3,(H,42,43)(H,45,46)/b10-8-,13-11-,18-16-. The number of unbranched alkanes of at least 4 members (excludes halogenated alkanes) is 14. The number of rotatable bonds is 34. The van der Waals surface area contributed by atoms with E-state index in [1.165, 1.54) is 57.8 Å². The summed E-state index contributed by atoms with van der Waals surface area (Å²) in [6.07, 6.45) is 39.0. The third-order valence-corrected chi connectivity index (χ3v) is 8.41. The summed E-state index contributed by atoms with van der Waals surface area (Å²) in [5, 5.41) is 11.9. The minimum atomic E-state index is -1.01. The third kappa shape index (κ3) is 31.9. The molecule has 47 heavy (non-hydrogen) atoms. The number of hydrogen-bond donors (Lipinski definition) is 3. The van der Waals surface area contributed by atoms with E-state index in [1.807, 2.05) is 0 Å². The maximum Gasteiger partial charge on any atom is 0.326 e. The van der Waals surface area contributed by atoms with Crippen LogP contribution < -0.4 is 11.1 Å². The van der Waals surface area contributed by atoms with Gasteiger partial charge in [-0.05, 0) is 103 Å². The fourth-order valence-corrected chi connectivity index (χ4v) is 5.49. The summed E-state index contributed by atoms with van der Waals surface area (Å²) >= 11 is 0. The molecule has 7 heteroatoms. The smallest absolute Gasteiger partial charge is 0.326 e. The van der Waals surface area contributed by atoms with Crippen LogP contribution in [-0.2, 0) is 19.1 Å². The first kappa shape index (κ1) is 44.6. The lowest BCUT2D eigenvalue weighted by Crippen LogP contribution is -2.40. The summed E-state index contributed by atoms with van der Waals surface area (Å²) in [6.45, 7) is 4.84. The molecule has 0 bridgehead atoms. The molecule has 1 amide bonds. The summed E-state index contributed by atoms with van der Waals surface area (Å²) in [5.41, 5.74) is 5.47. The van der Waals surface area contributed by atoms with Gasteiger partial charge in [-0.2, -0.15) is 0 Å². The molecule has 0 fully saturated rings. The Morgan fingerprint density at radius 1 is 0.617 bits per heavy atom. The number of hydrogen-bond acceptors (Lipinski definition) is 5. The largest absolute Gasteiger partial charge is 0.480 e. The van der Waals surface area contributed by atoms with E-state index in [9.17, 15) is 19.5 Å². The molecular weight excluding hydrogens is 588 g/mol. The molecule has 0 saturated carbocycles. The third-order valence-electron chi connectivity index (χ3n) is 8.41. The van der Waals surface area contributed by atoms with Gasteiger partial charge in [0, 0.05) is 12.8 Å². The summed E-state index contributed by atoms with van der Waals surface area (Å²) < 4.78 is 5.98. The second-order valence-electron chi connectivity index (χ2n) is 13.0. The van der Waals surface area contributed by atoms with Crippen molar-refractivity contribution in [3.05, 3.63) is 36.5 Å². The predicted octanol–water partition coefficient (Wildman–Crippen LogP) is 10.3. The Kier molecular flexibility index (Phi) is 33.1. The van der Waals surface area contributed by atoms with Crippen LogP contribution in [0.4, 0.5) is 0 Å². The first-order valence-corrected chi connectivity index (χ1v) is 19.3. The lowest BCUT2D eigenvalue weighted by Gasteiger charge is -2.18. The van der Waals surface area contributed by atoms with Crippen molar-refractivity contribution >= 4 is 17.8 Å². The lowest BCUT2D eigenvalue weighted by atomic mass is 10.0. The minimum Gasteiger partial charge on any atom is -0.480 e.